The van der Waals surface area contributed by atoms with E-state index in [2.05, 4.69) is 40.1 Å². The number of hydrogen-bond acceptors (Lipinski definition) is 5. The van der Waals surface area contributed by atoms with E-state index >= 15 is 0 Å². The van der Waals surface area contributed by atoms with E-state index in [0.29, 0.717) is 29.6 Å². The molecule has 4 aromatic rings. The molecule has 0 fully saturated rings. The highest BCUT2D eigenvalue weighted by Gasteiger charge is 2.14. The van der Waals surface area contributed by atoms with E-state index in [1.807, 2.05) is 42.5 Å². The third-order valence-corrected chi connectivity index (χ3v) is 5.30. The van der Waals surface area contributed by atoms with Gasteiger partial charge in [-0.2, -0.15) is 0 Å². The predicted molar refractivity (Wildman–Crippen MR) is 127 cm³/mol. The lowest BCUT2D eigenvalue weighted by atomic mass is 9.99. The van der Waals surface area contributed by atoms with Gasteiger partial charge in [-0.3, -0.25) is 0 Å². The maximum Gasteiger partial charge on any atom is 0.167 e. The van der Waals surface area contributed by atoms with Gasteiger partial charge in [0.15, 0.2) is 11.6 Å². The molecule has 32 heavy (non-hydrogen) atoms. The van der Waals surface area contributed by atoms with Crippen molar-refractivity contribution < 1.29 is 9.84 Å². The molecule has 0 atom stereocenters. The summed E-state index contributed by atoms with van der Waals surface area (Å²) in [6, 6.07) is 23.4. The van der Waals surface area contributed by atoms with Crippen molar-refractivity contribution in [3.63, 3.8) is 0 Å². The molecule has 3 aromatic carbocycles. The van der Waals surface area contributed by atoms with Crippen LogP contribution in [0.15, 0.2) is 79.1 Å². The number of phenols is 1. The Morgan fingerprint density at radius 2 is 1.47 bits per heavy atom. The standard InChI is InChI=1S/C27H27N3O2/c1-2-3-4-10-17-32-21-15-16-24(25(31)18-21)27-29-19-28-26(30-27)23-14-9-8-13-22(23)20-11-6-5-7-12-20/h5-9,11-16,18-19,31H,2-4,10,17H2,1H3. The average molecular weight is 426 g/mol. The molecule has 0 amide bonds. The van der Waals surface area contributed by atoms with Crippen molar-refractivity contribution in [2.75, 3.05) is 6.61 Å². The number of ether oxygens (including phenoxy) is 1. The van der Waals surface area contributed by atoms with E-state index in [1.165, 1.54) is 19.2 Å². The summed E-state index contributed by atoms with van der Waals surface area (Å²) >= 11 is 0. The number of hydrogen-bond donors (Lipinski definition) is 1. The molecule has 0 aliphatic carbocycles. The van der Waals surface area contributed by atoms with Crippen molar-refractivity contribution >= 4 is 0 Å². The summed E-state index contributed by atoms with van der Waals surface area (Å²) in [7, 11) is 0. The molecule has 162 valence electrons. The number of nitrogens with zero attached hydrogens (tertiary/aromatic N) is 3. The van der Waals surface area contributed by atoms with Crippen molar-refractivity contribution in [1.29, 1.82) is 0 Å². The zero-order valence-electron chi connectivity index (χ0n) is 18.2. The van der Waals surface area contributed by atoms with Crippen LogP contribution < -0.4 is 4.74 Å². The van der Waals surface area contributed by atoms with Crippen LogP contribution >= 0.6 is 0 Å². The van der Waals surface area contributed by atoms with Gasteiger partial charge in [-0.25, -0.2) is 15.0 Å². The molecule has 1 aromatic heterocycles. The summed E-state index contributed by atoms with van der Waals surface area (Å²) in [4.78, 5) is 13.4. The lowest BCUT2D eigenvalue weighted by Gasteiger charge is -2.11. The topological polar surface area (TPSA) is 68.1 Å². The van der Waals surface area contributed by atoms with Crippen LogP contribution in [-0.4, -0.2) is 26.7 Å². The van der Waals surface area contributed by atoms with Crippen LogP contribution in [0.4, 0.5) is 0 Å². The first-order chi connectivity index (χ1) is 15.8. The highest BCUT2D eigenvalue weighted by atomic mass is 16.5. The number of benzene rings is 3. The van der Waals surface area contributed by atoms with Crippen LogP contribution in [0.5, 0.6) is 11.5 Å². The van der Waals surface area contributed by atoms with Crippen LogP contribution in [0.2, 0.25) is 0 Å². The smallest absolute Gasteiger partial charge is 0.167 e. The van der Waals surface area contributed by atoms with E-state index in [1.54, 1.807) is 12.1 Å². The van der Waals surface area contributed by atoms with Crippen molar-refractivity contribution in [3.8, 4) is 45.4 Å². The summed E-state index contributed by atoms with van der Waals surface area (Å²) in [5.74, 6) is 1.71. The van der Waals surface area contributed by atoms with E-state index in [9.17, 15) is 5.11 Å². The predicted octanol–water partition coefficient (Wildman–Crippen LogP) is 6.54. The van der Waals surface area contributed by atoms with Crippen LogP contribution in [0.25, 0.3) is 33.9 Å². The molecule has 1 N–H and O–H groups in total. The fourth-order valence-electron chi connectivity index (χ4n) is 3.61. The van der Waals surface area contributed by atoms with Gasteiger partial charge < -0.3 is 9.84 Å². The minimum atomic E-state index is 0.0875. The maximum absolute atomic E-state index is 10.6. The summed E-state index contributed by atoms with van der Waals surface area (Å²) in [5, 5.41) is 10.6. The third-order valence-electron chi connectivity index (χ3n) is 5.30. The third kappa shape index (κ3) is 5.11. The first-order valence-corrected chi connectivity index (χ1v) is 11.1. The molecule has 1 heterocycles. The van der Waals surface area contributed by atoms with Crippen molar-refractivity contribution in [1.82, 2.24) is 15.0 Å². The highest BCUT2D eigenvalue weighted by Crippen LogP contribution is 2.33. The maximum atomic E-state index is 10.6. The Bertz CT molecular complexity index is 1160. The zero-order chi connectivity index (χ0) is 22.2. The first kappa shape index (κ1) is 21.5. The van der Waals surface area contributed by atoms with Gasteiger partial charge in [-0.05, 0) is 29.7 Å². The summed E-state index contributed by atoms with van der Waals surface area (Å²) in [6.07, 6.45) is 6.05. The Morgan fingerprint density at radius 3 is 2.22 bits per heavy atom. The number of aromatic hydroxyl groups is 1. The minimum absolute atomic E-state index is 0.0875. The van der Waals surface area contributed by atoms with Crippen molar-refractivity contribution in [3.05, 3.63) is 79.1 Å². The number of phenolic OH excluding ortho intramolecular Hbond substituents is 1. The lowest BCUT2D eigenvalue weighted by Crippen LogP contribution is -1.99. The van der Waals surface area contributed by atoms with Crippen molar-refractivity contribution in [2.24, 2.45) is 0 Å². The number of rotatable bonds is 9. The normalized spacial score (nSPS) is 10.8. The second kappa shape index (κ2) is 10.5. The number of aromatic nitrogens is 3. The van der Waals surface area contributed by atoms with Gasteiger partial charge in [0.2, 0.25) is 0 Å². The summed E-state index contributed by atoms with van der Waals surface area (Å²) < 4.78 is 5.77. The summed E-state index contributed by atoms with van der Waals surface area (Å²) in [5.41, 5.74) is 3.59. The number of unbranched alkanes of at least 4 members (excludes halogenated alkanes) is 3. The van der Waals surface area contributed by atoms with Crippen LogP contribution in [0, 0.1) is 0 Å². The van der Waals surface area contributed by atoms with E-state index < -0.39 is 0 Å². The molecule has 0 radical (unpaired) electrons. The minimum Gasteiger partial charge on any atom is -0.507 e. The molecule has 0 bridgehead atoms. The molecule has 4 rings (SSSR count). The largest absolute Gasteiger partial charge is 0.507 e. The highest BCUT2D eigenvalue weighted by molar-refractivity contribution is 5.81. The van der Waals surface area contributed by atoms with Gasteiger partial charge >= 0.3 is 0 Å². The van der Waals surface area contributed by atoms with Gasteiger partial charge in [0.05, 0.1) is 12.2 Å². The van der Waals surface area contributed by atoms with Crippen LogP contribution in [0.3, 0.4) is 0 Å². The fourth-order valence-corrected chi connectivity index (χ4v) is 3.61. The molecule has 0 spiro atoms. The van der Waals surface area contributed by atoms with E-state index in [-0.39, 0.29) is 5.75 Å². The van der Waals surface area contributed by atoms with Gasteiger partial charge in [-0.1, -0.05) is 80.8 Å². The van der Waals surface area contributed by atoms with Gasteiger partial charge in [0.1, 0.15) is 17.8 Å². The molecule has 5 nitrogen and oxygen atoms in total. The molecular formula is C27H27N3O2. The molecule has 0 aliphatic rings. The Kier molecular flexibility index (Phi) is 7.08. The molecule has 0 saturated heterocycles. The van der Waals surface area contributed by atoms with E-state index in [4.69, 9.17) is 4.74 Å². The van der Waals surface area contributed by atoms with Gasteiger partial charge in [0, 0.05) is 11.6 Å². The SMILES string of the molecule is CCCCCCOc1ccc(-c2ncnc(-c3ccccc3-c3ccccc3)n2)c(O)c1. The fraction of sp³-hybridized carbons (Fsp3) is 0.222. The Labute approximate surface area is 188 Å². The Balaban J connectivity index is 1.58. The molecular weight excluding hydrogens is 398 g/mol. The molecule has 0 saturated carbocycles. The molecule has 0 unspecified atom stereocenters. The van der Waals surface area contributed by atoms with Crippen LogP contribution in [-0.2, 0) is 0 Å². The Hall–Kier alpha value is -3.73. The molecule has 0 aliphatic heterocycles. The van der Waals surface area contributed by atoms with E-state index in [0.717, 1.165) is 29.5 Å². The zero-order valence-corrected chi connectivity index (χ0v) is 18.2. The van der Waals surface area contributed by atoms with Gasteiger partial charge in [0.25, 0.3) is 0 Å². The molecule has 5 heteroatoms. The van der Waals surface area contributed by atoms with Crippen LogP contribution in [0.1, 0.15) is 32.6 Å². The summed E-state index contributed by atoms with van der Waals surface area (Å²) in [6.45, 7) is 2.83. The average Bonchev–Trinajstić information content (AvgIpc) is 2.85. The second-order valence-corrected chi connectivity index (χ2v) is 7.63. The Morgan fingerprint density at radius 1 is 0.750 bits per heavy atom. The second-order valence-electron chi connectivity index (χ2n) is 7.63. The lowest BCUT2D eigenvalue weighted by molar-refractivity contribution is 0.303. The van der Waals surface area contributed by atoms with Gasteiger partial charge in [-0.15, -0.1) is 0 Å². The monoisotopic (exact) mass is 425 g/mol. The quantitative estimate of drug-likeness (QED) is 0.309. The van der Waals surface area contributed by atoms with Crippen molar-refractivity contribution in [2.45, 2.75) is 32.6 Å². The first-order valence-electron chi connectivity index (χ1n) is 11.1.